The van der Waals surface area contributed by atoms with Gasteiger partial charge in [-0.2, -0.15) is 0 Å². The van der Waals surface area contributed by atoms with E-state index in [1.807, 2.05) is 0 Å². The van der Waals surface area contributed by atoms with Crippen molar-refractivity contribution in [2.45, 2.75) is 27.1 Å². The van der Waals surface area contributed by atoms with Gasteiger partial charge in [-0.1, -0.05) is 0 Å². The molecule has 1 fully saturated rings. The van der Waals surface area contributed by atoms with Crippen molar-refractivity contribution in [2.24, 2.45) is 5.41 Å². The lowest BCUT2D eigenvalue weighted by Crippen LogP contribution is -2.47. The lowest BCUT2D eigenvalue weighted by atomic mass is 9.91. The van der Waals surface area contributed by atoms with Gasteiger partial charge in [-0.3, -0.25) is 9.59 Å². The second-order valence-electron chi connectivity index (χ2n) is 4.25. The fourth-order valence-electron chi connectivity index (χ4n) is 1.40. The highest BCUT2D eigenvalue weighted by atomic mass is 16.7. The van der Waals surface area contributed by atoms with E-state index in [-0.39, 0.29) is 31.4 Å². The summed E-state index contributed by atoms with van der Waals surface area (Å²) in [6.45, 7) is 5.31. The number of ether oxygens (including phenoxy) is 4. The molecule has 0 aromatic carbocycles. The number of rotatable bonds is 4. The molecule has 1 heterocycles. The second kappa shape index (κ2) is 5.97. The largest absolute Gasteiger partial charge is 0.465 e. The highest BCUT2D eigenvalue weighted by Crippen LogP contribution is 2.26. The molecule has 0 saturated carbocycles. The number of hydrogen-bond donors (Lipinski definition) is 0. The zero-order chi connectivity index (χ0) is 12.9. The van der Waals surface area contributed by atoms with Gasteiger partial charge in [0.2, 0.25) is 0 Å². The molecule has 1 saturated heterocycles. The Hall–Kier alpha value is -1.14. The predicted octanol–water partition coefficient (Wildman–Crippen LogP) is 0.492. The molecule has 0 radical (unpaired) electrons. The molecule has 0 bridgehead atoms. The molecule has 98 valence electrons. The molecule has 6 heteroatoms. The lowest BCUT2D eigenvalue weighted by molar-refractivity contribution is -0.240. The minimum atomic E-state index is -0.607. The van der Waals surface area contributed by atoms with E-state index in [9.17, 15) is 9.59 Å². The first-order valence-corrected chi connectivity index (χ1v) is 5.43. The molecular formula is C11H18O6. The zero-order valence-electron chi connectivity index (χ0n) is 10.4. The standard InChI is InChI=1S/C11H18O6/c1-8(12)14-4-11(5-15-9(2)13)6-16-10(3)17-7-11/h10H,4-7H2,1-3H3. The topological polar surface area (TPSA) is 71.1 Å². The molecule has 0 atom stereocenters. The van der Waals surface area contributed by atoms with Crippen molar-refractivity contribution in [3.05, 3.63) is 0 Å². The molecular weight excluding hydrogens is 228 g/mol. The van der Waals surface area contributed by atoms with Crippen molar-refractivity contribution < 1.29 is 28.5 Å². The van der Waals surface area contributed by atoms with Gasteiger partial charge < -0.3 is 18.9 Å². The Labute approximate surface area is 100 Å². The predicted molar refractivity (Wildman–Crippen MR) is 57.1 cm³/mol. The van der Waals surface area contributed by atoms with Gasteiger partial charge in [0.05, 0.1) is 18.6 Å². The van der Waals surface area contributed by atoms with Crippen molar-refractivity contribution in [1.29, 1.82) is 0 Å². The van der Waals surface area contributed by atoms with Gasteiger partial charge in [0, 0.05) is 13.8 Å². The number of carbonyl (C=O) groups is 2. The number of carbonyl (C=O) groups excluding carboxylic acids is 2. The molecule has 6 nitrogen and oxygen atoms in total. The fourth-order valence-corrected chi connectivity index (χ4v) is 1.40. The maximum absolute atomic E-state index is 10.8. The third-order valence-electron chi connectivity index (χ3n) is 2.41. The summed E-state index contributed by atoms with van der Waals surface area (Å²) in [4.78, 5) is 21.6. The summed E-state index contributed by atoms with van der Waals surface area (Å²) in [6, 6.07) is 0. The molecule has 0 unspecified atom stereocenters. The number of esters is 2. The van der Waals surface area contributed by atoms with Crippen LogP contribution in [0, 0.1) is 5.41 Å². The number of hydrogen-bond acceptors (Lipinski definition) is 6. The third-order valence-corrected chi connectivity index (χ3v) is 2.41. The van der Waals surface area contributed by atoms with Crippen LogP contribution in [0.1, 0.15) is 20.8 Å². The van der Waals surface area contributed by atoms with Gasteiger partial charge in [-0.15, -0.1) is 0 Å². The average Bonchev–Trinajstić information content (AvgIpc) is 2.27. The third kappa shape index (κ3) is 4.70. The molecule has 0 aliphatic carbocycles. The molecule has 0 N–H and O–H groups in total. The van der Waals surface area contributed by atoms with Crippen LogP contribution in [0.3, 0.4) is 0 Å². The van der Waals surface area contributed by atoms with Crippen molar-refractivity contribution in [3.8, 4) is 0 Å². The normalized spacial score (nSPS) is 19.7. The smallest absolute Gasteiger partial charge is 0.302 e. The quantitative estimate of drug-likeness (QED) is 0.672. The molecule has 0 spiro atoms. The maximum Gasteiger partial charge on any atom is 0.302 e. The van der Waals surface area contributed by atoms with Crippen molar-refractivity contribution in [3.63, 3.8) is 0 Å². The molecule has 0 aromatic heterocycles. The molecule has 1 aliphatic heterocycles. The molecule has 0 aromatic rings. The molecule has 1 rings (SSSR count). The summed E-state index contributed by atoms with van der Waals surface area (Å²) in [6.07, 6.45) is -0.294. The Bertz CT molecular complexity index is 260. The van der Waals surface area contributed by atoms with E-state index in [2.05, 4.69) is 0 Å². The van der Waals surface area contributed by atoms with Crippen molar-refractivity contribution >= 4 is 11.9 Å². The Morgan fingerprint density at radius 3 is 1.88 bits per heavy atom. The first kappa shape index (κ1) is 13.9. The van der Waals surface area contributed by atoms with E-state index in [0.717, 1.165) is 0 Å². The van der Waals surface area contributed by atoms with Gasteiger partial charge in [0.15, 0.2) is 6.29 Å². The summed E-state index contributed by atoms with van der Waals surface area (Å²) in [5, 5.41) is 0. The fraction of sp³-hybridized carbons (Fsp3) is 0.818. The van der Waals surface area contributed by atoms with Crippen LogP contribution in [0.15, 0.2) is 0 Å². The summed E-state index contributed by atoms with van der Waals surface area (Å²) in [5.41, 5.74) is -0.607. The Kier molecular flexibility index (Phi) is 4.89. The Morgan fingerprint density at radius 2 is 1.53 bits per heavy atom. The highest BCUT2D eigenvalue weighted by molar-refractivity contribution is 5.66. The van der Waals surface area contributed by atoms with E-state index >= 15 is 0 Å². The second-order valence-corrected chi connectivity index (χ2v) is 4.25. The Morgan fingerprint density at radius 1 is 1.12 bits per heavy atom. The van der Waals surface area contributed by atoms with Gasteiger partial charge in [0.1, 0.15) is 13.2 Å². The van der Waals surface area contributed by atoms with Crippen LogP contribution in [-0.4, -0.2) is 44.7 Å². The summed E-state index contributed by atoms with van der Waals surface area (Å²) < 4.78 is 20.6. The van der Waals surface area contributed by atoms with Gasteiger partial charge >= 0.3 is 11.9 Å². The van der Waals surface area contributed by atoms with Crippen LogP contribution in [0.5, 0.6) is 0 Å². The van der Waals surface area contributed by atoms with Crippen LogP contribution < -0.4 is 0 Å². The summed E-state index contributed by atoms with van der Waals surface area (Å²) in [5.74, 6) is -0.767. The van der Waals surface area contributed by atoms with Crippen LogP contribution >= 0.6 is 0 Å². The first-order valence-electron chi connectivity index (χ1n) is 5.43. The van der Waals surface area contributed by atoms with E-state index in [0.29, 0.717) is 13.2 Å². The zero-order valence-corrected chi connectivity index (χ0v) is 10.4. The average molecular weight is 246 g/mol. The van der Waals surface area contributed by atoms with Gasteiger partial charge in [-0.25, -0.2) is 0 Å². The summed E-state index contributed by atoms with van der Waals surface area (Å²) >= 11 is 0. The van der Waals surface area contributed by atoms with Crippen LogP contribution in [0.25, 0.3) is 0 Å². The van der Waals surface area contributed by atoms with E-state index in [1.54, 1.807) is 6.92 Å². The monoisotopic (exact) mass is 246 g/mol. The van der Waals surface area contributed by atoms with Gasteiger partial charge in [0.25, 0.3) is 0 Å². The van der Waals surface area contributed by atoms with Crippen LogP contribution in [0.2, 0.25) is 0 Å². The summed E-state index contributed by atoms with van der Waals surface area (Å²) in [7, 11) is 0. The maximum atomic E-state index is 10.8. The molecule has 0 amide bonds. The minimum absolute atomic E-state index is 0.113. The minimum Gasteiger partial charge on any atom is -0.465 e. The molecule has 1 aliphatic rings. The Balaban J connectivity index is 2.56. The van der Waals surface area contributed by atoms with Crippen molar-refractivity contribution in [1.82, 2.24) is 0 Å². The highest BCUT2D eigenvalue weighted by Gasteiger charge is 2.38. The first-order chi connectivity index (χ1) is 7.93. The SMILES string of the molecule is CC(=O)OCC1(COC(C)=O)COC(C)OC1. The van der Waals surface area contributed by atoms with E-state index in [1.165, 1.54) is 13.8 Å². The lowest BCUT2D eigenvalue weighted by Gasteiger charge is -2.37. The van der Waals surface area contributed by atoms with E-state index in [4.69, 9.17) is 18.9 Å². The van der Waals surface area contributed by atoms with E-state index < -0.39 is 5.41 Å². The van der Waals surface area contributed by atoms with Crippen LogP contribution in [0.4, 0.5) is 0 Å². The van der Waals surface area contributed by atoms with Gasteiger partial charge in [-0.05, 0) is 6.92 Å². The molecule has 17 heavy (non-hydrogen) atoms. The van der Waals surface area contributed by atoms with Crippen LogP contribution in [-0.2, 0) is 28.5 Å². The van der Waals surface area contributed by atoms with Crippen molar-refractivity contribution in [2.75, 3.05) is 26.4 Å².